The lowest BCUT2D eigenvalue weighted by Gasteiger charge is -2.40. The number of carbonyl (C=O) groups is 3. The van der Waals surface area contributed by atoms with Gasteiger partial charge in [-0.15, -0.1) is 0 Å². The molecule has 2 bridgehead atoms. The van der Waals surface area contributed by atoms with Gasteiger partial charge in [0, 0.05) is 17.4 Å². The van der Waals surface area contributed by atoms with E-state index in [0.29, 0.717) is 0 Å². The molecule has 2 saturated heterocycles. The molecule has 4 fully saturated rings. The third-order valence-electron chi connectivity index (χ3n) is 5.65. The van der Waals surface area contributed by atoms with E-state index in [2.05, 4.69) is 6.58 Å². The minimum absolute atomic E-state index is 0.0531. The first-order valence-electron chi connectivity index (χ1n) is 8.33. The molecule has 2 saturated carbocycles. The Balaban J connectivity index is 1.45. The van der Waals surface area contributed by atoms with Crippen LogP contribution in [-0.2, 0) is 38.1 Å². The van der Waals surface area contributed by atoms with Gasteiger partial charge in [0.15, 0.2) is 12.9 Å². The Bertz CT molecular complexity index is 643. The maximum Gasteiger partial charge on any atom is 0.344 e. The molecule has 8 atom stereocenters. The van der Waals surface area contributed by atoms with Crippen LogP contribution in [0.2, 0.25) is 0 Å². The van der Waals surface area contributed by atoms with Crippen molar-refractivity contribution in [2.45, 2.75) is 37.9 Å². The van der Waals surface area contributed by atoms with E-state index in [-0.39, 0.29) is 53.7 Å². The number of carbonyl (C=O) groups excluding carboxylic acids is 3. The van der Waals surface area contributed by atoms with Crippen LogP contribution in [0.4, 0.5) is 0 Å². The molecule has 8 unspecified atom stereocenters. The van der Waals surface area contributed by atoms with Gasteiger partial charge >= 0.3 is 17.9 Å². The van der Waals surface area contributed by atoms with E-state index in [1.165, 1.54) is 14.0 Å². The van der Waals surface area contributed by atoms with Crippen LogP contribution in [0.25, 0.3) is 0 Å². The number of ether oxygens (including phenoxy) is 5. The van der Waals surface area contributed by atoms with Crippen LogP contribution in [0, 0.1) is 23.7 Å². The smallest absolute Gasteiger partial charge is 0.344 e. The second-order valence-electron chi connectivity index (χ2n) is 7.07. The average molecular weight is 352 g/mol. The molecule has 0 N–H and O–H groups in total. The summed E-state index contributed by atoms with van der Waals surface area (Å²) in [5.74, 6) is -2.00. The highest BCUT2D eigenvalue weighted by Crippen LogP contribution is 2.62. The van der Waals surface area contributed by atoms with Crippen LogP contribution in [0.5, 0.6) is 0 Å². The zero-order valence-corrected chi connectivity index (χ0v) is 14.0. The fraction of sp³-hybridized carbons (Fsp3) is 0.706. The number of methoxy groups -OCH3 is 1. The molecule has 2 aliphatic carbocycles. The molecule has 4 rings (SSSR count). The van der Waals surface area contributed by atoms with E-state index in [0.717, 1.165) is 6.42 Å². The second kappa shape index (κ2) is 5.81. The summed E-state index contributed by atoms with van der Waals surface area (Å²) < 4.78 is 26.7. The molecule has 0 amide bonds. The van der Waals surface area contributed by atoms with Crippen molar-refractivity contribution in [3.63, 3.8) is 0 Å². The number of epoxide rings is 1. The zero-order valence-electron chi connectivity index (χ0n) is 14.0. The molecule has 2 aliphatic heterocycles. The van der Waals surface area contributed by atoms with E-state index >= 15 is 0 Å². The second-order valence-corrected chi connectivity index (χ2v) is 7.07. The van der Waals surface area contributed by atoms with Crippen molar-refractivity contribution >= 4 is 17.9 Å². The quantitative estimate of drug-likeness (QED) is 0.299. The number of hydrogen-bond donors (Lipinski definition) is 0. The average Bonchev–Trinajstić information content (AvgIpc) is 3.13. The van der Waals surface area contributed by atoms with Gasteiger partial charge in [-0.1, -0.05) is 6.58 Å². The van der Waals surface area contributed by atoms with Gasteiger partial charge in [-0.2, -0.15) is 0 Å². The van der Waals surface area contributed by atoms with Crippen molar-refractivity contribution in [2.75, 3.05) is 13.7 Å². The lowest BCUT2D eigenvalue weighted by molar-refractivity contribution is -0.188. The van der Waals surface area contributed by atoms with Crippen LogP contribution < -0.4 is 0 Å². The Labute approximate surface area is 144 Å². The van der Waals surface area contributed by atoms with Gasteiger partial charge in [0.25, 0.3) is 0 Å². The first-order chi connectivity index (χ1) is 11.9. The normalized spacial score (nSPS) is 42.3. The minimum atomic E-state index is -0.672. The third-order valence-corrected chi connectivity index (χ3v) is 5.65. The molecular weight excluding hydrogens is 332 g/mol. The van der Waals surface area contributed by atoms with Crippen molar-refractivity contribution < 1.29 is 38.1 Å². The standard InChI is InChI=1S/C17H20O8/c1-6(2)15(19)22-5-9(18)23-12-8-4-7-10(11(8)16(20)21-3)14-17(25-14)24-13(7)12/h7-8,10-14,17H,1,4-5H2,2-3H3. The van der Waals surface area contributed by atoms with Crippen LogP contribution in [0.15, 0.2) is 12.2 Å². The van der Waals surface area contributed by atoms with Gasteiger partial charge in [0.2, 0.25) is 0 Å². The Kier molecular flexibility index (Phi) is 3.84. The molecule has 0 spiro atoms. The van der Waals surface area contributed by atoms with Crippen LogP contribution in [0.3, 0.4) is 0 Å². The molecule has 136 valence electrons. The van der Waals surface area contributed by atoms with Gasteiger partial charge in [0.1, 0.15) is 18.3 Å². The van der Waals surface area contributed by atoms with Gasteiger partial charge in [-0.3, -0.25) is 4.79 Å². The lowest BCUT2D eigenvalue weighted by Crippen LogP contribution is -2.53. The zero-order chi connectivity index (χ0) is 17.9. The molecule has 8 nitrogen and oxygen atoms in total. The molecule has 4 aliphatic rings. The van der Waals surface area contributed by atoms with Crippen molar-refractivity contribution in [1.82, 2.24) is 0 Å². The van der Waals surface area contributed by atoms with Gasteiger partial charge in [-0.25, -0.2) is 9.59 Å². The van der Waals surface area contributed by atoms with Crippen molar-refractivity contribution in [1.29, 1.82) is 0 Å². The van der Waals surface area contributed by atoms with Crippen LogP contribution in [0.1, 0.15) is 13.3 Å². The molecule has 0 aromatic heterocycles. The fourth-order valence-corrected chi connectivity index (χ4v) is 4.68. The Morgan fingerprint density at radius 3 is 2.56 bits per heavy atom. The number of esters is 3. The summed E-state index contributed by atoms with van der Waals surface area (Å²) in [6, 6.07) is 0. The summed E-state index contributed by atoms with van der Waals surface area (Å²) in [5, 5.41) is 0. The first-order valence-corrected chi connectivity index (χ1v) is 8.33. The Morgan fingerprint density at radius 2 is 1.88 bits per heavy atom. The Morgan fingerprint density at radius 1 is 1.16 bits per heavy atom. The first kappa shape index (κ1) is 16.5. The molecule has 25 heavy (non-hydrogen) atoms. The lowest BCUT2D eigenvalue weighted by atomic mass is 9.73. The molecular formula is C17H20O8. The minimum Gasteiger partial charge on any atom is -0.469 e. The number of hydrogen-bond acceptors (Lipinski definition) is 8. The predicted molar refractivity (Wildman–Crippen MR) is 79.8 cm³/mol. The third kappa shape index (κ3) is 2.55. The van der Waals surface area contributed by atoms with E-state index in [9.17, 15) is 14.4 Å². The maximum atomic E-state index is 12.3. The van der Waals surface area contributed by atoms with Crippen LogP contribution >= 0.6 is 0 Å². The SMILES string of the molecule is C=C(C)C(=O)OCC(=O)OC1C2CC3C1OC1OC1C3C2C(=O)OC. The van der Waals surface area contributed by atoms with Crippen molar-refractivity contribution in [2.24, 2.45) is 23.7 Å². The van der Waals surface area contributed by atoms with Gasteiger partial charge < -0.3 is 23.7 Å². The maximum absolute atomic E-state index is 12.3. The fourth-order valence-electron chi connectivity index (χ4n) is 4.68. The summed E-state index contributed by atoms with van der Waals surface area (Å²) >= 11 is 0. The molecule has 0 aromatic carbocycles. The molecule has 0 radical (unpaired) electrons. The number of rotatable bonds is 5. The molecule has 2 heterocycles. The van der Waals surface area contributed by atoms with E-state index < -0.39 is 24.6 Å². The van der Waals surface area contributed by atoms with Gasteiger partial charge in [-0.05, 0) is 19.3 Å². The van der Waals surface area contributed by atoms with Crippen LogP contribution in [-0.4, -0.2) is 56.2 Å². The molecule has 0 aromatic rings. The highest BCUT2D eigenvalue weighted by atomic mass is 16.8. The topological polar surface area (TPSA) is 101 Å². The molecule has 8 heteroatoms. The van der Waals surface area contributed by atoms with Crippen molar-refractivity contribution in [3.8, 4) is 0 Å². The highest BCUT2D eigenvalue weighted by molar-refractivity contribution is 5.88. The van der Waals surface area contributed by atoms with Crippen molar-refractivity contribution in [3.05, 3.63) is 12.2 Å². The summed E-state index contributed by atoms with van der Waals surface area (Å²) in [6.07, 6.45) is -0.527. The summed E-state index contributed by atoms with van der Waals surface area (Å²) in [7, 11) is 1.36. The Hall–Kier alpha value is -1.93. The van der Waals surface area contributed by atoms with E-state index in [4.69, 9.17) is 23.7 Å². The van der Waals surface area contributed by atoms with Gasteiger partial charge in [0.05, 0.1) is 13.0 Å². The number of fused-ring (bicyclic) bond motifs is 3. The van der Waals surface area contributed by atoms with E-state index in [1.54, 1.807) is 0 Å². The monoisotopic (exact) mass is 352 g/mol. The summed E-state index contributed by atoms with van der Waals surface area (Å²) in [4.78, 5) is 35.7. The highest BCUT2D eigenvalue weighted by Gasteiger charge is 2.72. The van der Waals surface area contributed by atoms with E-state index in [1.807, 2.05) is 0 Å². The summed E-state index contributed by atoms with van der Waals surface area (Å²) in [5.41, 5.74) is 0.203. The predicted octanol–water partition coefficient (Wildman–Crippen LogP) is 0.196. The summed E-state index contributed by atoms with van der Waals surface area (Å²) in [6.45, 7) is 4.44. The largest absolute Gasteiger partial charge is 0.469 e.